The number of rotatable bonds is 2. The lowest BCUT2D eigenvalue weighted by molar-refractivity contribution is -0.139. The van der Waals surface area contributed by atoms with Crippen molar-refractivity contribution in [2.75, 3.05) is 6.54 Å². The maximum Gasteiger partial charge on any atom is 0.442 e. The predicted molar refractivity (Wildman–Crippen MR) is 41.5 cm³/mol. The number of carboxylic acid groups (broad SMARTS) is 1. The molecule has 0 bridgehead atoms. The van der Waals surface area contributed by atoms with E-state index in [2.05, 4.69) is 5.32 Å². The molecule has 0 aromatic carbocycles. The highest BCUT2D eigenvalue weighted by molar-refractivity contribution is 8.00. The Morgan fingerprint density at radius 1 is 1.54 bits per heavy atom. The van der Waals surface area contributed by atoms with Crippen molar-refractivity contribution in [3.8, 4) is 0 Å². The molecule has 0 aromatic rings. The first-order valence-corrected chi connectivity index (χ1v) is 4.47. The van der Waals surface area contributed by atoms with Crippen LogP contribution in [-0.4, -0.2) is 34.4 Å². The fourth-order valence-corrected chi connectivity index (χ4v) is 2.02. The number of thioether (sulfide) groups is 1. The van der Waals surface area contributed by atoms with E-state index in [0.29, 0.717) is 0 Å². The highest BCUT2D eigenvalue weighted by Gasteiger charge is 2.38. The molecule has 0 saturated carbocycles. The molecule has 1 aliphatic rings. The average molecular weight is 215 g/mol. The first-order chi connectivity index (χ1) is 5.88. The maximum absolute atomic E-state index is 11.8. The number of hydrogen-bond donors (Lipinski definition) is 2. The van der Waals surface area contributed by atoms with Crippen molar-refractivity contribution >= 4 is 17.7 Å². The van der Waals surface area contributed by atoms with Crippen LogP contribution in [0, 0.1) is 0 Å². The molecule has 1 aliphatic heterocycles. The lowest BCUT2D eigenvalue weighted by atomic mass is 10.2. The van der Waals surface area contributed by atoms with Crippen LogP contribution in [0.25, 0.3) is 0 Å². The molecule has 2 atom stereocenters. The Morgan fingerprint density at radius 2 is 2.15 bits per heavy atom. The van der Waals surface area contributed by atoms with E-state index in [1.165, 1.54) is 0 Å². The lowest BCUT2D eigenvalue weighted by Crippen LogP contribution is -2.29. The number of alkyl halides is 3. The molecular formula is C6H8F3NO2S. The van der Waals surface area contributed by atoms with Gasteiger partial charge in [0.1, 0.15) is 6.04 Å². The molecule has 0 spiro atoms. The van der Waals surface area contributed by atoms with Crippen LogP contribution in [-0.2, 0) is 4.79 Å². The average Bonchev–Trinajstić information content (AvgIpc) is 2.31. The van der Waals surface area contributed by atoms with Gasteiger partial charge in [-0.15, -0.1) is 0 Å². The third-order valence-corrected chi connectivity index (χ3v) is 2.65. The summed E-state index contributed by atoms with van der Waals surface area (Å²) in [6.07, 6.45) is 0.0273. The highest BCUT2D eigenvalue weighted by atomic mass is 32.2. The van der Waals surface area contributed by atoms with E-state index in [1.54, 1.807) is 0 Å². The zero-order chi connectivity index (χ0) is 10.1. The van der Waals surface area contributed by atoms with Gasteiger partial charge in [0.25, 0.3) is 0 Å². The molecule has 1 saturated heterocycles. The Labute approximate surface area is 76.7 Å². The second-order valence-electron chi connectivity index (χ2n) is 2.72. The number of carboxylic acids is 1. The van der Waals surface area contributed by atoms with Crippen LogP contribution in [0.4, 0.5) is 13.2 Å². The fourth-order valence-electron chi connectivity index (χ4n) is 1.17. The predicted octanol–water partition coefficient (Wildman–Crippen LogP) is 1.05. The normalized spacial score (nSPS) is 29.2. The van der Waals surface area contributed by atoms with Crippen LogP contribution in [0.2, 0.25) is 0 Å². The Morgan fingerprint density at radius 3 is 2.54 bits per heavy atom. The summed E-state index contributed by atoms with van der Waals surface area (Å²) in [5, 5.41) is 10.3. The molecule has 1 fully saturated rings. The van der Waals surface area contributed by atoms with Crippen molar-refractivity contribution in [3.63, 3.8) is 0 Å². The number of carbonyl (C=O) groups is 1. The van der Waals surface area contributed by atoms with Crippen molar-refractivity contribution in [1.82, 2.24) is 5.32 Å². The SMILES string of the molecule is O=C(O)C1CC(SC(F)(F)F)CN1. The van der Waals surface area contributed by atoms with Gasteiger partial charge >= 0.3 is 11.5 Å². The van der Waals surface area contributed by atoms with Crippen LogP contribution in [0.3, 0.4) is 0 Å². The molecular weight excluding hydrogens is 207 g/mol. The fraction of sp³-hybridized carbons (Fsp3) is 0.833. The molecule has 13 heavy (non-hydrogen) atoms. The van der Waals surface area contributed by atoms with Crippen molar-refractivity contribution in [2.24, 2.45) is 0 Å². The minimum absolute atomic E-state index is 0.0273. The quantitative estimate of drug-likeness (QED) is 0.723. The Kier molecular flexibility index (Phi) is 3.07. The van der Waals surface area contributed by atoms with Gasteiger partial charge < -0.3 is 10.4 Å². The summed E-state index contributed by atoms with van der Waals surface area (Å²) >= 11 is -0.140. The van der Waals surface area contributed by atoms with Crippen molar-refractivity contribution in [3.05, 3.63) is 0 Å². The first kappa shape index (κ1) is 10.6. The first-order valence-electron chi connectivity index (χ1n) is 3.59. The second-order valence-corrected chi connectivity index (χ2v) is 4.09. The molecule has 0 aliphatic carbocycles. The topological polar surface area (TPSA) is 49.3 Å². The smallest absolute Gasteiger partial charge is 0.442 e. The molecule has 2 N–H and O–H groups in total. The van der Waals surface area contributed by atoms with Crippen LogP contribution < -0.4 is 5.32 Å². The molecule has 7 heteroatoms. The number of aliphatic carboxylic acids is 1. The second kappa shape index (κ2) is 3.75. The van der Waals surface area contributed by atoms with Gasteiger partial charge in [0, 0.05) is 11.8 Å². The van der Waals surface area contributed by atoms with Gasteiger partial charge in [-0.05, 0) is 18.2 Å². The molecule has 0 aromatic heterocycles. The van der Waals surface area contributed by atoms with Gasteiger partial charge in [0.05, 0.1) is 0 Å². The number of halogens is 3. The maximum atomic E-state index is 11.8. The van der Waals surface area contributed by atoms with Crippen LogP contribution in [0.15, 0.2) is 0 Å². The van der Waals surface area contributed by atoms with E-state index in [-0.39, 0.29) is 24.7 Å². The number of nitrogens with one attached hydrogen (secondary N) is 1. The minimum Gasteiger partial charge on any atom is -0.480 e. The largest absolute Gasteiger partial charge is 0.480 e. The van der Waals surface area contributed by atoms with E-state index in [1.807, 2.05) is 0 Å². The van der Waals surface area contributed by atoms with E-state index in [0.717, 1.165) is 0 Å². The van der Waals surface area contributed by atoms with Crippen molar-refractivity contribution < 1.29 is 23.1 Å². The zero-order valence-corrected chi connectivity index (χ0v) is 7.28. The van der Waals surface area contributed by atoms with E-state index in [4.69, 9.17) is 5.11 Å². The van der Waals surface area contributed by atoms with Gasteiger partial charge in [-0.2, -0.15) is 13.2 Å². The van der Waals surface area contributed by atoms with Crippen LogP contribution in [0.5, 0.6) is 0 Å². The zero-order valence-electron chi connectivity index (χ0n) is 6.47. The van der Waals surface area contributed by atoms with E-state index >= 15 is 0 Å². The van der Waals surface area contributed by atoms with Gasteiger partial charge in [-0.1, -0.05) is 0 Å². The summed E-state index contributed by atoms with van der Waals surface area (Å²) in [5.74, 6) is -1.09. The molecule has 1 rings (SSSR count). The van der Waals surface area contributed by atoms with Gasteiger partial charge in [0.15, 0.2) is 0 Å². The van der Waals surface area contributed by atoms with Crippen molar-refractivity contribution in [2.45, 2.75) is 23.2 Å². The molecule has 0 radical (unpaired) electrons. The third kappa shape index (κ3) is 3.43. The van der Waals surface area contributed by atoms with Crippen molar-refractivity contribution in [1.29, 1.82) is 0 Å². The summed E-state index contributed by atoms with van der Waals surface area (Å²) in [6.45, 7) is 0.0984. The standard InChI is InChI=1S/C6H8F3NO2S/c7-6(8,9)13-3-1-4(5(11)12)10-2-3/h3-4,10H,1-2H2,(H,11,12). The number of hydrogen-bond acceptors (Lipinski definition) is 3. The summed E-state index contributed by atoms with van der Waals surface area (Å²) < 4.78 is 35.5. The third-order valence-electron chi connectivity index (χ3n) is 1.69. The van der Waals surface area contributed by atoms with Crippen LogP contribution in [0.1, 0.15) is 6.42 Å². The summed E-state index contributed by atoms with van der Waals surface area (Å²) in [6, 6.07) is -0.833. The molecule has 76 valence electrons. The van der Waals surface area contributed by atoms with Gasteiger partial charge in [-0.3, -0.25) is 4.79 Å². The lowest BCUT2D eigenvalue weighted by Gasteiger charge is -2.10. The highest BCUT2D eigenvalue weighted by Crippen LogP contribution is 2.36. The van der Waals surface area contributed by atoms with Crippen LogP contribution >= 0.6 is 11.8 Å². The van der Waals surface area contributed by atoms with E-state index in [9.17, 15) is 18.0 Å². The molecule has 2 unspecified atom stereocenters. The van der Waals surface area contributed by atoms with Gasteiger partial charge in [-0.25, -0.2) is 0 Å². The molecule has 3 nitrogen and oxygen atoms in total. The Hall–Kier alpha value is -0.430. The minimum atomic E-state index is -4.28. The Bertz CT molecular complexity index is 209. The molecule has 0 amide bonds. The van der Waals surface area contributed by atoms with Gasteiger partial charge in [0.2, 0.25) is 0 Å². The van der Waals surface area contributed by atoms with E-state index < -0.39 is 22.8 Å². The summed E-state index contributed by atoms with van der Waals surface area (Å²) in [5.41, 5.74) is -4.28. The summed E-state index contributed by atoms with van der Waals surface area (Å²) in [4.78, 5) is 10.4. The summed E-state index contributed by atoms with van der Waals surface area (Å²) in [7, 11) is 0. The monoisotopic (exact) mass is 215 g/mol. The Balaban J connectivity index is 2.38. The molecule has 1 heterocycles.